The average molecular weight is 182 g/mol. The quantitative estimate of drug-likeness (QED) is 0.700. The molecule has 0 radical (unpaired) electrons. The van der Waals surface area contributed by atoms with E-state index < -0.39 is 0 Å². The summed E-state index contributed by atoms with van der Waals surface area (Å²) >= 11 is 1.67. The molecule has 1 aliphatic rings. The molecule has 1 aromatic heterocycles. The third kappa shape index (κ3) is 1.22. The van der Waals surface area contributed by atoms with Crippen LogP contribution in [0.3, 0.4) is 0 Å². The van der Waals surface area contributed by atoms with Gasteiger partial charge in [-0.1, -0.05) is 6.92 Å². The van der Waals surface area contributed by atoms with E-state index in [4.69, 9.17) is 0 Å². The predicted octanol–water partition coefficient (Wildman–Crippen LogP) is 0.878. The van der Waals surface area contributed by atoms with Gasteiger partial charge in [-0.2, -0.15) is 0 Å². The summed E-state index contributed by atoms with van der Waals surface area (Å²) in [4.78, 5) is 16.5. The fourth-order valence-corrected chi connectivity index (χ4v) is 2.28. The molecule has 0 atom stereocenters. The van der Waals surface area contributed by atoms with Crippen LogP contribution in [0.1, 0.15) is 22.5 Å². The lowest BCUT2D eigenvalue weighted by atomic mass is 10.2. The van der Waals surface area contributed by atoms with Crippen molar-refractivity contribution < 1.29 is 4.79 Å². The minimum absolute atomic E-state index is 0.119. The summed E-state index contributed by atoms with van der Waals surface area (Å²) in [5.41, 5.74) is 1.07. The molecule has 64 valence electrons. The van der Waals surface area contributed by atoms with Gasteiger partial charge in [-0.15, -0.1) is 11.3 Å². The van der Waals surface area contributed by atoms with E-state index in [1.54, 1.807) is 11.3 Å². The standard InChI is InChI=1S/C8H10N2OS/c1-2-8-10-5-4-9-7(11)3-6(5)12-8/h2-4H2,1H3,(H,9,11). The van der Waals surface area contributed by atoms with E-state index in [0.29, 0.717) is 13.0 Å². The summed E-state index contributed by atoms with van der Waals surface area (Å²) in [5, 5.41) is 3.92. The zero-order valence-corrected chi connectivity index (χ0v) is 7.70. The molecule has 0 saturated heterocycles. The Bertz CT molecular complexity index is 319. The number of rotatable bonds is 1. The first-order valence-electron chi connectivity index (χ1n) is 4.03. The average Bonchev–Trinajstić information content (AvgIpc) is 2.46. The molecule has 1 amide bonds. The van der Waals surface area contributed by atoms with Crippen molar-refractivity contribution >= 4 is 17.2 Å². The van der Waals surface area contributed by atoms with E-state index in [-0.39, 0.29) is 5.91 Å². The topological polar surface area (TPSA) is 42.0 Å². The van der Waals surface area contributed by atoms with Gasteiger partial charge in [0.05, 0.1) is 23.7 Å². The maximum absolute atomic E-state index is 11.0. The molecular formula is C8H10N2OS. The highest BCUT2D eigenvalue weighted by atomic mass is 32.1. The number of hydrogen-bond acceptors (Lipinski definition) is 3. The molecule has 0 aliphatic carbocycles. The van der Waals surface area contributed by atoms with Crippen LogP contribution in [-0.4, -0.2) is 10.9 Å². The highest BCUT2D eigenvalue weighted by Crippen LogP contribution is 2.21. The lowest BCUT2D eigenvalue weighted by molar-refractivity contribution is -0.121. The SMILES string of the molecule is CCc1nc2c(s1)CC(=O)NC2. The van der Waals surface area contributed by atoms with E-state index in [1.165, 1.54) is 0 Å². The van der Waals surface area contributed by atoms with Crippen molar-refractivity contribution in [2.45, 2.75) is 26.3 Å². The van der Waals surface area contributed by atoms with Crippen LogP contribution < -0.4 is 5.32 Å². The van der Waals surface area contributed by atoms with E-state index in [0.717, 1.165) is 22.0 Å². The number of nitrogens with zero attached hydrogens (tertiary/aromatic N) is 1. The van der Waals surface area contributed by atoms with Crippen molar-refractivity contribution in [2.24, 2.45) is 0 Å². The number of aryl methyl sites for hydroxylation is 1. The second-order valence-corrected chi connectivity index (χ2v) is 3.95. The van der Waals surface area contributed by atoms with Crippen molar-refractivity contribution in [3.05, 3.63) is 15.6 Å². The van der Waals surface area contributed by atoms with Gasteiger partial charge < -0.3 is 5.32 Å². The molecule has 1 N–H and O–H groups in total. The van der Waals surface area contributed by atoms with E-state index >= 15 is 0 Å². The molecule has 0 unspecified atom stereocenters. The third-order valence-corrected chi connectivity index (χ3v) is 3.14. The first-order chi connectivity index (χ1) is 5.79. The van der Waals surface area contributed by atoms with E-state index in [1.807, 2.05) is 0 Å². The maximum Gasteiger partial charge on any atom is 0.225 e. The Morgan fingerprint density at radius 2 is 2.50 bits per heavy atom. The summed E-state index contributed by atoms with van der Waals surface area (Å²) in [6.07, 6.45) is 1.48. The lowest BCUT2D eigenvalue weighted by Gasteiger charge is -2.09. The second-order valence-electron chi connectivity index (χ2n) is 2.78. The fourth-order valence-electron chi connectivity index (χ4n) is 1.25. The molecule has 0 spiro atoms. The van der Waals surface area contributed by atoms with Crippen molar-refractivity contribution in [1.82, 2.24) is 10.3 Å². The summed E-state index contributed by atoms with van der Waals surface area (Å²) in [7, 11) is 0. The molecule has 0 fully saturated rings. The molecule has 2 rings (SSSR count). The minimum atomic E-state index is 0.119. The van der Waals surface area contributed by atoms with Crippen molar-refractivity contribution in [2.75, 3.05) is 0 Å². The maximum atomic E-state index is 11.0. The molecule has 2 heterocycles. The van der Waals surface area contributed by atoms with Crippen molar-refractivity contribution in [3.63, 3.8) is 0 Å². The predicted molar refractivity (Wildman–Crippen MR) is 47.0 cm³/mol. The normalized spacial score (nSPS) is 15.6. The number of thiazole rings is 1. The summed E-state index contributed by atoms with van der Waals surface area (Å²) in [6.45, 7) is 2.70. The Kier molecular flexibility index (Phi) is 1.84. The fraction of sp³-hybridized carbons (Fsp3) is 0.500. The van der Waals surface area contributed by atoms with Gasteiger partial charge in [-0.3, -0.25) is 4.79 Å². The Morgan fingerprint density at radius 1 is 1.67 bits per heavy atom. The van der Waals surface area contributed by atoms with Crippen LogP contribution >= 0.6 is 11.3 Å². The van der Waals surface area contributed by atoms with Gasteiger partial charge in [0.25, 0.3) is 0 Å². The van der Waals surface area contributed by atoms with Gasteiger partial charge in [-0.05, 0) is 6.42 Å². The van der Waals surface area contributed by atoms with Crippen LogP contribution in [0.15, 0.2) is 0 Å². The van der Waals surface area contributed by atoms with Gasteiger partial charge in [0.1, 0.15) is 0 Å². The molecule has 0 bridgehead atoms. The van der Waals surface area contributed by atoms with Crippen molar-refractivity contribution in [3.8, 4) is 0 Å². The van der Waals surface area contributed by atoms with Gasteiger partial charge >= 0.3 is 0 Å². The smallest absolute Gasteiger partial charge is 0.225 e. The number of fused-ring (bicyclic) bond motifs is 1. The first kappa shape index (κ1) is 7.73. The van der Waals surface area contributed by atoms with Crippen LogP contribution in [0.4, 0.5) is 0 Å². The van der Waals surface area contributed by atoms with E-state index in [2.05, 4.69) is 17.2 Å². The number of hydrogen-bond donors (Lipinski definition) is 1. The Balaban J connectivity index is 2.34. The molecule has 0 saturated carbocycles. The van der Waals surface area contributed by atoms with Crippen LogP contribution in [0.25, 0.3) is 0 Å². The lowest BCUT2D eigenvalue weighted by Crippen LogP contribution is -2.29. The third-order valence-electron chi connectivity index (χ3n) is 1.90. The van der Waals surface area contributed by atoms with Gasteiger partial charge in [0, 0.05) is 4.88 Å². The number of carbonyl (C=O) groups is 1. The highest BCUT2D eigenvalue weighted by Gasteiger charge is 2.18. The van der Waals surface area contributed by atoms with Gasteiger partial charge in [-0.25, -0.2) is 4.98 Å². The van der Waals surface area contributed by atoms with Crippen LogP contribution in [0, 0.1) is 0 Å². The second kappa shape index (κ2) is 2.86. The zero-order chi connectivity index (χ0) is 8.55. The molecular weight excluding hydrogens is 172 g/mol. The highest BCUT2D eigenvalue weighted by molar-refractivity contribution is 7.11. The summed E-state index contributed by atoms with van der Waals surface area (Å²) in [6, 6.07) is 0. The van der Waals surface area contributed by atoms with Crippen LogP contribution in [0.2, 0.25) is 0 Å². The molecule has 1 aromatic rings. The first-order valence-corrected chi connectivity index (χ1v) is 4.85. The van der Waals surface area contributed by atoms with Gasteiger partial charge in [0.15, 0.2) is 0 Å². The Hall–Kier alpha value is -0.900. The molecule has 12 heavy (non-hydrogen) atoms. The van der Waals surface area contributed by atoms with Crippen LogP contribution in [0.5, 0.6) is 0 Å². The van der Waals surface area contributed by atoms with Crippen LogP contribution in [-0.2, 0) is 24.2 Å². The number of amides is 1. The largest absolute Gasteiger partial charge is 0.350 e. The summed E-state index contributed by atoms with van der Waals surface area (Å²) < 4.78 is 0. The molecule has 0 aromatic carbocycles. The number of aromatic nitrogens is 1. The number of carbonyl (C=O) groups excluding carboxylic acids is 1. The monoisotopic (exact) mass is 182 g/mol. The Morgan fingerprint density at radius 3 is 3.25 bits per heavy atom. The molecule has 1 aliphatic heterocycles. The van der Waals surface area contributed by atoms with Crippen molar-refractivity contribution in [1.29, 1.82) is 0 Å². The zero-order valence-electron chi connectivity index (χ0n) is 6.89. The van der Waals surface area contributed by atoms with Gasteiger partial charge in [0.2, 0.25) is 5.91 Å². The van der Waals surface area contributed by atoms with E-state index in [9.17, 15) is 4.79 Å². The summed E-state index contributed by atoms with van der Waals surface area (Å²) in [5.74, 6) is 0.119. The Labute approximate surface area is 74.8 Å². The minimum Gasteiger partial charge on any atom is -0.350 e. The molecule has 4 heteroatoms. The number of nitrogens with one attached hydrogen (secondary N) is 1. The molecule has 3 nitrogen and oxygen atoms in total.